The second-order valence-corrected chi connectivity index (χ2v) is 10.3. The van der Waals surface area contributed by atoms with Gasteiger partial charge in [0.2, 0.25) is 19.9 Å². The lowest BCUT2D eigenvalue weighted by atomic mass is 9.94. The van der Waals surface area contributed by atoms with Crippen molar-refractivity contribution in [1.29, 1.82) is 0 Å². The fourth-order valence-electron chi connectivity index (χ4n) is 3.37. The van der Waals surface area contributed by atoms with E-state index in [4.69, 9.17) is 0 Å². The summed E-state index contributed by atoms with van der Waals surface area (Å²) in [5, 5.41) is 0. The van der Waals surface area contributed by atoms with Crippen LogP contribution in [0.1, 0.15) is 23.5 Å². The topological polar surface area (TPSA) is 71.5 Å². The molecule has 134 valence electrons. The number of rotatable bonds is 4. The van der Waals surface area contributed by atoms with Crippen LogP contribution in [-0.2, 0) is 19.9 Å². The van der Waals surface area contributed by atoms with Crippen LogP contribution in [0.4, 0.5) is 0 Å². The number of hydrogen-bond donors (Lipinski definition) is 0. The van der Waals surface area contributed by atoms with Crippen molar-refractivity contribution in [1.82, 2.24) is 4.31 Å². The predicted octanol–water partition coefficient (Wildman–Crippen LogP) is 2.58. The smallest absolute Gasteiger partial charge is 0.211 e. The maximum absolute atomic E-state index is 12.9. The highest BCUT2D eigenvalue weighted by molar-refractivity contribution is 7.91. The van der Waals surface area contributed by atoms with Crippen LogP contribution in [0.3, 0.4) is 0 Å². The first-order chi connectivity index (χ1) is 11.7. The SMILES string of the molecule is Cc1c(C2CCN(S(C)(=O)=O)C2)cccc1S(=O)(=O)c1ccccc1. The first kappa shape index (κ1) is 18.1. The molecule has 3 rings (SSSR count). The molecule has 5 nitrogen and oxygen atoms in total. The molecule has 1 aliphatic heterocycles. The molecule has 2 aromatic rings. The largest absolute Gasteiger partial charge is 0.219 e. The lowest BCUT2D eigenvalue weighted by Gasteiger charge is -2.17. The fourth-order valence-corrected chi connectivity index (χ4v) is 5.81. The predicted molar refractivity (Wildman–Crippen MR) is 96.8 cm³/mol. The Kier molecular flexibility index (Phi) is 4.74. The molecule has 0 aliphatic carbocycles. The van der Waals surface area contributed by atoms with E-state index in [2.05, 4.69) is 0 Å². The van der Waals surface area contributed by atoms with Crippen LogP contribution in [0.2, 0.25) is 0 Å². The van der Waals surface area contributed by atoms with Gasteiger partial charge in [0.1, 0.15) is 0 Å². The molecule has 0 radical (unpaired) electrons. The van der Waals surface area contributed by atoms with Gasteiger partial charge in [-0.15, -0.1) is 0 Å². The Labute approximate surface area is 149 Å². The first-order valence-corrected chi connectivity index (χ1v) is 11.4. The Bertz CT molecular complexity index is 983. The molecule has 0 bridgehead atoms. The molecule has 1 saturated heterocycles. The van der Waals surface area contributed by atoms with Crippen LogP contribution in [0.15, 0.2) is 58.3 Å². The van der Waals surface area contributed by atoms with E-state index in [1.54, 1.807) is 49.4 Å². The van der Waals surface area contributed by atoms with Gasteiger partial charge in [0.15, 0.2) is 0 Å². The number of nitrogens with zero attached hydrogens (tertiary/aromatic N) is 1. The van der Waals surface area contributed by atoms with Crippen molar-refractivity contribution in [2.45, 2.75) is 29.1 Å². The third-order valence-corrected chi connectivity index (χ3v) is 7.91. The molecule has 1 atom stereocenters. The van der Waals surface area contributed by atoms with E-state index in [1.165, 1.54) is 10.6 Å². The van der Waals surface area contributed by atoms with E-state index in [0.29, 0.717) is 25.1 Å². The Morgan fingerprint density at radius 1 is 0.960 bits per heavy atom. The normalized spacial score (nSPS) is 19.2. The molecule has 2 aromatic carbocycles. The third kappa shape index (κ3) is 3.49. The van der Waals surface area contributed by atoms with E-state index in [0.717, 1.165) is 5.56 Å². The molecule has 1 aliphatic rings. The van der Waals surface area contributed by atoms with Gasteiger partial charge in [0.25, 0.3) is 0 Å². The van der Waals surface area contributed by atoms with E-state index in [-0.39, 0.29) is 15.7 Å². The summed E-state index contributed by atoms with van der Waals surface area (Å²) in [5.41, 5.74) is 1.61. The van der Waals surface area contributed by atoms with Crippen LogP contribution in [0, 0.1) is 6.92 Å². The summed E-state index contributed by atoms with van der Waals surface area (Å²) >= 11 is 0. The summed E-state index contributed by atoms with van der Waals surface area (Å²) in [6.07, 6.45) is 1.90. The molecule has 1 fully saturated rings. The molecule has 0 spiro atoms. The van der Waals surface area contributed by atoms with Gasteiger partial charge in [-0.2, -0.15) is 0 Å². The number of benzene rings is 2. The minimum atomic E-state index is -3.60. The zero-order chi connectivity index (χ0) is 18.2. The monoisotopic (exact) mass is 379 g/mol. The van der Waals surface area contributed by atoms with E-state index < -0.39 is 19.9 Å². The van der Waals surface area contributed by atoms with Crippen molar-refractivity contribution >= 4 is 19.9 Å². The average Bonchev–Trinajstić information content (AvgIpc) is 3.06. The Balaban J connectivity index is 2.00. The van der Waals surface area contributed by atoms with Crippen molar-refractivity contribution in [3.05, 3.63) is 59.7 Å². The number of sulfonamides is 1. The minimum absolute atomic E-state index is 0.0145. The van der Waals surface area contributed by atoms with Crippen LogP contribution in [0.5, 0.6) is 0 Å². The van der Waals surface area contributed by atoms with Gasteiger partial charge < -0.3 is 0 Å². The summed E-state index contributed by atoms with van der Waals surface area (Å²) in [4.78, 5) is 0.549. The lowest BCUT2D eigenvalue weighted by Crippen LogP contribution is -2.27. The van der Waals surface area contributed by atoms with Crippen molar-refractivity contribution in [2.75, 3.05) is 19.3 Å². The average molecular weight is 380 g/mol. The molecule has 0 N–H and O–H groups in total. The Morgan fingerprint density at radius 3 is 2.24 bits per heavy atom. The van der Waals surface area contributed by atoms with Gasteiger partial charge in [-0.1, -0.05) is 30.3 Å². The van der Waals surface area contributed by atoms with Crippen molar-refractivity contribution < 1.29 is 16.8 Å². The van der Waals surface area contributed by atoms with Crippen LogP contribution >= 0.6 is 0 Å². The zero-order valence-corrected chi connectivity index (χ0v) is 15.8. The fraction of sp³-hybridized carbons (Fsp3) is 0.333. The van der Waals surface area contributed by atoms with Crippen LogP contribution in [-0.4, -0.2) is 40.5 Å². The zero-order valence-electron chi connectivity index (χ0n) is 14.2. The highest BCUT2D eigenvalue weighted by Gasteiger charge is 2.31. The van der Waals surface area contributed by atoms with Crippen LogP contribution < -0.4 is 0 Å². The van der Waals surface area contributed by atoms with Gasteiger partial charge >= 0.3 is 0 Å². The van der Waals surface area contributed by atoms with Crippen molar-refractivity contribution in [3.8, 4) is 0 Å². The maximum Gasteiger partial charge on any atom is 0.211 e. The quantitative estimate of drug-likeness (QED) is 0.819. The van der Waals surface area contributed by atoms with E-state index in [1.807, 2.05) is 6.07 Å². The molecular weight excluding hydrogens is 358 g/mol. The molecule has 0 aromatic heterocycles. The van der Waals surface area contributed by atoms with Crippen molar-refractivity contribution in [2.24, 2.45) is 0 Å². The number of sulfone groups is 1. The third-order valence-electron chi connectivity index (χ3n) is 4.73. The summed E-state index contributed by atoms with van der Waals surface area (Å²) < 4.78 is 50.8. The summed E-state index contributed by atoms with van der Waals surface area (Å²) in [6.45, 7) is 2.67. The molecule has 25 heavy (non-hydrogen) atoms. The minimum Gasteiger partial charge on any atom is -0.219 e. The van der Waals surface area contributed by atoms with Crippen LogP contribution in [0.25, 0.3) is 0 Å². The highest BCUT2D eigenvalue weighted by atomic mass is 32.2. The number of hydrogen-bond acceptors (Lipinski definition) is 4. The summed E-state index contributed by atoms with van der Waals surface area (Å²) in [5.74, 6) is 0.0145. The Morgan fingerprint density at radius 2 is 1.64 bits per heavy atom. The molecule has 0 saturated carbocycles. The lowest BCUT2D eigenvalue weighted by molar-refractivity contribution is 0.478. The summed E-state index contributed by atoms with van der Waals surface area (Å²) in [7, 11) is -6.82. The molecule has 7 heteroatoms. The van der Waals surface area contributed by atoms with Crippen molar-refractivity contribution in [3.63, 3.8) is 0 Å². The molecular formula is C18H21NO4S2. The molecule has 0 amide bonds. The van der Waals surface area contributed by atoms with E-state index >= 15 is 0 Å². The Hall–Kier alpha value is -1.70. The standard InChI is InChI=1S/C18H21NO4S2/c1-14-17(15-11-12-19(13-15)24(2,20)21)9-6-10-18(14)25(22,23)16-7-4-3-5-8-16/h3-10,15H,11-13H2,1-2H3. The molecule has 1 unspecified atom stereocenters. The maximum atomic E-state index is 12.9. The second kappa shape index (κ2) is 6.55. The second-order valence-electron chi connectivity index (χ2n) is 6.39. The van der Waals surface area contributed by atoms with Gasteiger partial charge in [0.05, 0.1) is 16.0 Å². The van der Waals surface area contributed by atoms with Gasteiger partial charge in [0, 0.05) is 13.1 Å². The summed E-state index contributed by atoms with van der Waals surface area (Å²) in [6, 6.07) is 13.6. The highest BCUT2D eigenvalue weighted by Crippen LogP contribution is 2.34. The van der Waals surface area contributed by atoms with Gasteiger partial charge in [-0.25, -0.2) is 21.1 Å². The van der Waals surface area contributed by atoms with Gasteiger partial charge in [-0.05, 0) is 48.6 Å². The molecule has 1 heterocycles. The first-order valence-electron chi connectivity index (χ1n) is 8.06. The van der Waals surface area contributed by atoms with E-state index in [9.17, 15) is 16.8 Å². The van der Waals surface area contributed by atoms with Gasteiger partial charge in [-0.3, -0.25) is 0 Å².